The second-order valence-corrected chi connectivity index (χ2v) is 7.78. The lowest BCUT2D eigenvalue weighted by Gasteiger charge is -2.33. The number of hydrogen-bond donors (Lipinski definition) is 5. The van der Waals surface area contributed by atoms with E-state index in [0.29, 0.717) is 42.7 Å². The molecule has 0 atom stereocenters. The molecule has 9 heteroatoms. The molecule has 9 nitrogen and oxygen atoms in total. The highest BCUT2D eigenvalue weighted by atomic mass is 16.2. The molecule has 2 fully saturated rings. The molecule has 1 spiro atoms. The topological polar surface area (TPSA) is 128 Å². The number of carbonyl (C=O) groups is 4. The number of rotatable bonds is 4. The molecule has 5 N–H and O–H groups in total. The zero-order valence-corrected chi connectivity index (χ0v) is 16.7. The summed E-state index contributed by atoms with van der Waals surface area (Å²) in [5.41, 5.74) is 0.893. The fourth-order valence-corrected chi connectivity index (χ4v) is 3.99. The Morgan fingerprint density at radius 2 is 1.45 bits per heavy atom. The second-order valence-electron chi connectivity index (χ2n) is 7.78. The molecule has 31 heavy (non-hydrogen) atoms. The summed E-state index contributed by atoms with van der Waals surface area (Å²) in [5, 5.41) is 13.3. The number of hydrogen-bond acceptors (Lipinski definition) is 4. The van der Waals surface area contributed by atoms with Crippen molar-refractivity contribution in [1.82, 2.24) is 10.6 Å². The van der Waals surface area contributed by atoms with Gasteiger partial charge in [-0.05, 0) is 56.0 Å². The number of amides is 6. The first-order valence-electron chi connectivity index (χ1n) is 10.1. The summed E-state index contributed by atoms with van der Waals surface area (Å²) in [6.45, 7) is 0. The zero-order chi connectivity index (χ0) is 21.8. The van der Waals surface area contributed by atoms with Gasteiger partial charge in [-0.25, -0.2) is 9.59 Å². The molecular weight excluding hydrogens is 398 g/mol. The Labute approximate surface area is 179 Å². The third kappa shape index (κ3) is 4.66. The normalized spacial score (nSPS) is 22.4. The predicted molar refractivity (Wildman–Crippen MR) is 116 cm³/mol. The molecule has 1 aliphatic heterocycles. The fraction of sp³-hybridized carbons (Fsp3) is 0.273. The lowest BCUT2D eigenvalue weighted by atomic mass is 9.76. The summed E-state index contributed by atoms with van der Waals surface area (Å²) in [5.74, 6) is -0.719. The zero-order valence-electron chi connectivity index (χ0n) is 16.7. The molecule has 160 valence electrons. The number of anilines is 3. The number of urea groups is 2. The minimum atomic E-state index is -0.885. The van der Waals surface area contributed by atoms with Gasteiger partial charge >= 0.3 is 12.1 Å². The quantitative estimate of drug-likeness (QED) is 0.486. The fourth-order valence-electron chi connectivity index (χ4n) is 3.99. The molecule has 0 bridgehead atoms. The molecule has 0 unspecified atom stereocenters. The summed E-state index contributed by atoms with van der Waals surface area (Å²) < 4.78 is 0. The van der Waals surface area contributed by atoms with E-state index in [-0.39, 0.29) is 23.8 Å². The van der Waals surface area contributed by atoms with Gasteiger partial charge in [0, 0.05) is 23.0 Å². The van der Waals surface area contributed by atoms with Gasteiger partial charge in [-0.15, -0.1) is 0 Å². The summed E-state index contributed by atoms with van der Waals surface area (Å²) in [7, 11) is 0. The number of para-hydroxylation sites is 1. The van der Waals surface area contributed by atoms with Crippen molar-refractivity contribution in [3.8, 4) is 0 Å². The number of nitrogens with one attached hydrogen (secondary N) is 5. The van der Waals surface area contributed by atoms with Crippen molar-refractivity contribution in [2.24, 2.45) is 5.92 Å². The first-order valence-corrected chi connectivity index (χ1v) is 10.1. The first-order chi connectivity index (χ1) is 14.9. The van der Waals surface area contributed by atoms with Gasteiger partial charge in [-0.2, -0.15) is 0 Å². The van der Waals surface area contributed by atoms with Crippen molar-refractivity contribution in [3.05, 3.63) is 54.6 Å². The Balaban J connectivity index is 1.31. The van der Waals surface area contributed by atoms with E-state index in [1.165, 1.54) is 0 Å². The molecule has 1 heterocycles. The van der Waals surface area contributed by atoms with E-state index in [1.807, 2.05) is 18.2 Å². The van der Waals surface area contributed by atoms with Crippen LogP contribution < -0.4 is 26.6 Å². The van der Waals surface area contributed by atoms with E-state index in [9.17, 15) is 19.2 Å². The Kier molecular flexibility index (Phi) is 5.57. The molecular formula is C22H23N5O4. The molecule has 2 aromatic carbocycles. The Morgan fingerprint density at radius 1 is 0.839 bits per heavy atom. The third-order valence-corrected chi connectivity index (χ3v) is 5.64. The highest BCUT2D eigenvalue weighted by molar-refractivity contribution is 6.07. The predicted octanol–water partition coefficient (Wildman–Crippen LogP) is 3.04. The largest absolute Gasteiger partial charge is 0.326 e. The maximum atomic E-state index is 12.7. The summed E-state index contributed by atoms with van der Waals surface area (Å²) in [4.78, 5) is 48.3. The van der Waals surface area contributed by atoms with E-state index in [1.54, 1.807) is 36.4 Å². The third-order valence-electron chi connectivity index (χ3n) is 5.64. The molecule has 1 saturated carbocycles. The van der Waals surface area contributed by atoms with Crippen LogP contribution in [0.2, 0.25) is 0 Å². The SMILES string of the molecule is O=C(Nc1ccccc1)Nc1cccc(NC(=O)C2CCC3(CC2)NC(=O)NC3=O)c1. The van der Waals surface area contributed by atoms with E-state index >= 15 is 0 Å². The molecule has 0 radical (unpaired) electrons. The van der Waals surface area contributed by atoms with Crippen LogP contribution in [0, 0.1) is 5.92 Å². The van der Waals surface area contributed by atoms with E-state index in [2.05, 4.69) is 26.6 Å². The van der Waals surface area contributed by atoms with Crippen molar-refractivity contribution < 1.29 is 19.2 Å². The van der Waals surface area contributed by atoms with E-state index in [0.717, 1.165) is 0 Å². The van der Waals surface area contributed by atoms with Crippen LogP contribution in [0.1, 0.15) is 25.7 Å². The van der Waals surface area contributed by atoms with Gasteiger partial charge in [0.25, 0.3) is 5.91 Å². The van der Waals surface area contributed by atoms with Gasteiger partial charge < -0.3 is 21.3 Å². The van der Waals surface area contributed by atoms with Crippen LogP contribution in [0.15, 0.2) is 54.6 Å². The van der Waals surface area contributed by atoms with Crippen LogP contribution >= 0.6 is 0 Å². The summed E-state index contributed by atoms with van der Waals surface area (Å²) in [6.07, 6.45) is 1.84. The van der Waals surface area contributed by atoms with E-state index < -0.39 is 11.6 Å². The van der Waals surface area contributed by atoms with Gasteiger partial charge in [-0.1, -0.05) is 24.3 Å². The van der Waals surface area contributed by atoms with Crippen molar-refractivity contribution in [3.63, 3.8) is 0 Å². The van der Waals surface area contributed by atoms with Crippen LogP contribution in [0.5, 0.6) is 0 Å². The molecule has 1 aliphatic carbocycles. The van der Waals surface area contributed by atoms with Crippen LogP contribution in [0.4, 0.5) is 26.7 Å². The molecule has 2 aromatic rings. The Hall–Kier alpha value is -3.88. The minimum Gasteiger partial charge on any atom is -0.326 e. The Morgan fingerprint density at radius 3 is 2.10 bits per heavy atom. The number of benzene rings is 2. The minimum absolute atomic E-state index is 0.148. The maximum absolute atomic E-state index is 12.7. The first kappa shape index (κ1) is 20.4. The molecule has 6 amide bonds. The van der Waals surface area contributed by atoms with Gasteiger partial charge in [0.1, 0.15) is 5.54 Å². The van der Waals surface area contributed by atoms with Crippen molar-refractivity contribution in [2.45, 2.75) is 31.2 Å². The van der Waals surface area contributed by atoms with Crippen LogP contribution in [-0.4, -0.2) is 29.4 Å². The maximum Gasteiger partial charge on any atom is 0.323 e. The summed E-state index contributed by atoms with van der Waals surface area (Å²) >= 11 is 0. The molecule has 4 rings (SSSR count). The van der Waals surface area contributed by atoms with Crippen molar-refractivity contribution in [2.75, 3.05) is 16.0 Å². The van der Waals surface area contributed by atoms with Gasteiger partial charge in [-0.3, -0.25) is 14.9 Å². The van der Waals surface area contributed by atoms with Crippen molar-refractivity contribution >= 4 is 40.9 Å². The average molecular weight is 421 g/mol. The van der Waals surface area contributed by atoms with Crippen molar-refractivity contribution in [1.29, 1.82) is 0 Å². The average Bonchev–Trinajstić information content (AvgIpc) is 3.01. The lowest BCUT2D eigenvalue weighted by molar-refractivity contribution is -0.128. The monoisotopic (exact) mass is 421 g/mol. The number of carbonyl (C=O) groups excluding carboxylic acids is 4. The van der Waals surface area contributed by atoms with Crippen LogP contribution in [0.25, 0.3) is 0 Å². The highest BCUT2D eigenvalue weighted by Crippen LogP contribution is 2.34. The van der Waals surface area contributed by atoms with Crippen LogP contribution in [0.3, 0.4) is 0 Å². The second kappa shape index (κ2) is 8.47. The van der Waals surface area contributed by atoms with Gasteiger partial charge in [0.05, 0.1) is 0 Å². The van der Waals surface area contributed by atoms with Gasteiger partial charge in [0.15, 0.2) is 0 Å². The van der Waals surface area contributed by atoms with Gasteiger partial charge in [0.2, 0.25) is 5.91 Å². The molecule has 2 aliphatic rings. The smallest absolute Gasteiger partial charge is 0.323 e. The highest BCUT2D eigenvalue weighted by Gasteiger charge is 2.48. The molecule has 1 saturated heterocycles. The van der Waals surface area contributed by atoms with Crippen LogP contribution in [-0.2, 0) is 9.59 Å². The number of imide groups is 1. The van der Waals surface area contributed by atoms with E-state index in [4.69, 9.17) is 0 Å². The summed E-state index contributed by atoms with van der Waals surface area (Å²) in [6, 6.07) is 15.1. The Bertz CT molecular complexity index is 1020. The lowest BCUT2D eigenvalue weighted by Crippen LogP contribution is -2.50. The molecule has 0 aromatic heterocycles. The standard InChI is InChI=1S/C22H23N5O4/c28-18(14-9-11-22(12-10-14)19(29)26-21(31)27-22)23-16-7-4-8-17(13-16)25-20(30)24-15-5-2-1-3-6-15/h1-8,13-14H,9-12H2,(H,23,28)(H2,24,25,30)(H2,26,27,29,31).